The quantitative estimate of drug-likeness (QED) is 0.813. The van der Waals surface area contributed by atoms with Gasteiger partial charge in [0.25, 0.3) is 0 Å². The van der Waals surface area contributed by atoms with E-state index < -0.39 is 0 Å². The molecule has 0 spiro atoms. The summed E-state index contributed by atoms with van der Waals surface area (Å²) in [4.78, 5) is 8.33. The molecule has 1 aliphatic carbocycles. The Morgan fingerprint density at radius 2 is 2.14 bits per heavy atom. The fourth-order valence-corrected chi connectivity index (χ4v) is 4.01. The molecule has 0 radical (unpaired) electrons. The summed E-state index contributed by atoms with van der Waals surface area (Å²) in [5, 5.41) is 6.21. The van der Waals surface area contributed by atoms with Gasteiger partial charge < -0.3 is 9.42 Å². The van der Waals surface area contributed by atoms with E-state index in [1.54, 1.807) is 11.3 Å². The Kier molecular flexibility index (Phi) is 5.26. The van der Waals surface area contributed by atoms with Crippen molar-refractivity contribution < 1.29 is 4.52 Å². The monoisotopic (exact) mass is 319 g/mol. The van der Waals surface area contributed by atoms with Gasteiger partial charge in [-0.2, -0.15) is 4.98 Å². The summed E-state index contributed by atoms with van der Waals surface area (Å²) in [7, 11) is 2.24. The van der Waals surface area contributed by atoms with Crippen LogP contribution in [0.3, 0.4) is 0 Å². The highest BCUT2D eigenvalue weighted by atomic mass is 32.1. The first kappa shape index (κ1) is 15.7. The Morgan fingerprint density at radius 1 is 1.32 bits per heavy atom. The zero-order valence-electron chi connectivity index (χ0n) is 13.5. The smallest absolute Gasteiger partial charge is 0.226 e. The Bertz CT molecular complexity index is 558. The summed E-state index contributed by atoms with van der Waals surface area (Å²) in [6.45, 7) is 3.38. The van der Waals surface area contributed by atoms with E-state index in [0.717, 1.165) is 37.1 Å². The van der Waals surface area contributed by atoms with Gasteiger partial charge in [-0.15, -0.1) is 11.3 Å². The number of rotatable bonds is 6. The molecule has 0 amide bonds. The van der Waals surface area contributed by atoms with Crippen molar-refractivity contribution in [1.82, 2.24) is 15.0 Å². The Hall–Kier alpha value is -1.20. The van der Waals surface area contributed by atoms with Crippen LogP contribution in [0.15, 0.2) is 22.0 Å². The molecule has 4 nitrogen and oxygen atoms in total. The molecule has 0 aromatic carbocycles. The van der Waals surface area contributed by atoms with Crippen molar-refractivity contribution in [3.8, 4) is 0 Å². The molecule has 0 atom stereocenters. The van der Waals surface area contributed by atoms with E-state index in [1.165, 1.54) is 30.6 Å². The first-order valence-corrected chi connectivity index (χ1v) is 9.16. The number of hydrogen-bond donors (Lipinski definition) is 0. The van der Waals surface area contributed by atoms with Gasteiger partial charge in [-0.25, -0.2) is 0 Å². The van der Waals surface area contributed by atoms with Crippen molar-refractivity contribution >= 4 is 11.3 Å². The van der Waals surface area contributed by atoms with Crippen LogP contribution in [0.2, 0.25) is 0 Å². The van der Waals surface area contributed by atoms with Gasteiger partial charge in [-0.05, 0) is 56.6 Å². The lowest BCUT2D eigenvalue weighted by Gasteiger charge is -2.33. The molecule has 2 aromatic rings. The van der Waals surface area contributed by atoms with Crippen molar-refractivity contribution in [3.05, 3.63) is 34.1 Å². The predicted octanol–water partition coefficient (Wildman–Crippen LogP) is 3.77. The fraction of sp³-hybridized carbons (Fsp3) is 0.647. The summed E-state index contributed by atoms with van der Waals surface area (Å²) in [5.41, 5.74) is 0. The first-order chi connectivity index (χ1) is 10.7. The minimum absolute atomic E-state index is 0.705. The maximum atomic E-state index is 5.44. The predicted molar refractivity (Wildman–Crippen MR) is 89.2 cm³/mol. The van der Waals surface area contributed by atoms with E-state index in [0.29, 0.717) is 5.92 Å². The lowest BCUT2D eigenvalue weighted by Crippen LogP contribution is -2.35. The van der Waals surface area contributed by atoms with Crippen LogP contribution in [0.25, 0.3) is 0 Å². The second kappa shape index (κ2) is 7.38. The van der Waals surface area contributed by atoms with Gasteiger partial charge in [0.2, 0.25) is 5.89 Å². The highest BCUT2D eigenvalue weighted by Gasteiger charge is 2.24. The van der Waals surface area contributed by atoms with E-state index in [1.807, 2.05) is 0 Å². The standard InChI is InChI=1S/C17H25N3OS/c1-3-20(2)14-8-6-13(7-9-14)11-17-18-16(19-21-17)12-15-5-4-10-22-15/h4-5,10,13-14H,3,6-9,11-12H2,1-2H3. The van der Waals surface area contributed by atoms with E-state index >= 15 is 0 Å². The highest BCUT2D eigenvalue weighted by Crippen LogP contribution is 2.29. The molecular formula is C17H25N3OS. The number of aromatic nitrogens is 2. The topological polar surface area (TPSA) is 42.2 Å². The zero-order chi connectivity index (χ0) is 15.4. The zero-order valence-corrected chi connectivity index (χ0v) is 14.3. The lowest BCUT2D eigenvalue weighted by atomic mass is 9.83. The molecule has 1 saturated carbocycles. The molecule has 2 heterocycles. The van der Waals surface area contributed by atoms with Gasteiger partial charge in [0.05, 0.1) is 0 Å². The number of hydrogen-bond acceptors (Lipinski definition) is 5. The number of nitrogens with zero attached hydrogens (tertiary/aromatic N) is 3. The van der Waals surface area contributed by atoms with Gasteiger partial charge in [-0.1, -0.05) is 18.1 Å². The van der Waals surface area contributed by atoms with Crippen LogP contribution in [-0.2, 0) is 12.8 Å². The molecule has 0 saturated heterocycles. The van der Waals surface area contributed by atoms with E-state index in [2.05, 4.69) is 46.5 Å². The van der Waals surface area contributed by atoms with Crippen molar-refractivity contribution in [2.45, 2.75) is 51.5 Å². The third-order valence-corrected chi connectivity index (χ3v) is 5.70. The minimum Gasteiger partial charge on any atom is -0.339 e. The average molecular weight is 319 g/mol. The van der Waals surface area contributed by atoms with Crippen LogP contribution in [-0.4, -0.2) is 34.7 Å². The Morgan fingerprint density at radius 3 is 2.82 bits per heavy atom. The summed E-state index contributed by atoms with van der Waals surface area (Å²) < 4.78 is 5.44. The first-order valence-electron chi connectivity index (χ1n) is 8.28. The average Bonchev–Trinajstić information content (AvgIpc) is 3.20. The molecule has 1 fully saturated rings. The molecule has 0 aliphatic heterocycles. The molecule has 1 aliphatic rings. The largest absolute Gasteiger partial charge is 0.339 e. The van der Waals surface area contributed by atoms with E-state index in [9.17, 15) is 0 Å². The second-order valence-electron chi connectivity index (χ2n) is 6.31. The van der Waals surface area contributed by atoms with Crippen molar-refractivity contribution in [2.24, 2.45) is 5.92 Å². The Labute approximate surface area is 136 Å². The number of thiophene rings is 1. The highest BCUT2D eigenvalue weighted by molar-refractivity contribution is 7.09. The summed E-state index contributed by atoms with van der Waals surface area (Å²) >= 11 is 1.74. The van der Waals surface area contributed by atoms with Crippen LogP contribution in [0, 0.1) is 5.92 Å². The molecule has 2 aromatic heterocycles. The van der Waals surface area contributed by atoms with Gasteiger partial charge in [0, 0.05) is 23.8 Å². The molecule has 120 valence electrons. The molecule has 0 bridgehead atoms. The van der Waals surface area contributed by atoms with Crippen LogP contribution in [0.5, 0.6) is 0 Å². The molecular weight excluding hydrogens is 294 g/mol. The molecule has 5 heteroatoms. The summed E-state index contributed by atoms with van der Waals surface area (Å²) in [6.07, 6.45) is 6.88. The summed E-state index contributed by atoms with van der Waals surface area (Å²) in [6, 6.07) is 4.94. The van der Waals surface area contributed by atoms with Crippen molar-refractivity contribution in [3.63, 3.8) is 0 Å². The van der Waals surface area contributed by atoms with Gasteiger partial charge in [0.15, 0.2) is 5.82 Å². The summed E-state index contributed by atoms with van der Waals surface area (Å²) in [5.74, 6) is 2.34. The minimum atomic E-state index is 0.705. The van der Waals surface area contributed by atoms with Crippen LogP contribution >= 0.6 is 11.3 Å². The lowest BCUT2D eigenvalue weighted by molar-refractivity contribution is 0.167. The third kappa shape index (κ3) is 3.96. The van der Waals surface area contributed by atoms with Crippen LogP contribution in [0.4, 0.5) is 0 Å². The molecule has 0 N–H and O–H groups in total. The Balaban J connectivity index is 1.49. The molecule has 22 heavy (non-hydrogen) atoms. The second-order valence-corrected chi connectivity index (χ2v) is 7.34. The van der Waals surface area contributed by atoms with E-state index in [-0.39, 0.29) is 0 Å². The maximum Gasteiger partial charge on any atom is 0.226 e. The van der Waals surface area contributed by atoms with Crippen LogP contribution < -0.4 is 0 Å². The van der Waals surface area contributed by atoms with Gasteiger partial charge in [0.1, 0.15) is 0 Å². The fourth-order valence-electron chi connectivity index (χ4n) is 3.31. The molecule has 0 unspecified atom stereocenters. The third-order valence-electron chi connectivity index (χ3n) is 4.82. The van der Waals surface area contributed by atoms with Gasteiger partial charge in [-0.3, -0.25) is 0 Å². The van der Waals surface area contributed by atoms with E-state index in [4.69, 9.17) is 4.52 Å². The molecule has 3 rings (SSSR count). The maximum absolute atomic E-state index is 5.44. The van der Waals surface area contributed by atoms with Gasteiger partial charge >= 0.3 is 0 Å². The van der Waals surface area contributed by atoms with Crippen LogP contribution in [0.1, 0.15) is 49.2 Å². The normalized spacial score (nSPS) is 22.3. The van der Waals surface area contributed by atoms with Crippen molar-refractivity contribution in [2.75, 3.05) is 13.6 Å². The SMILES string of the molecule is CCN(C)C1CCC(Cc2nc(Cc3cccs3)no2)CC1. The van der Waals surface area contributed by atoms with Crippen molar-refractivity contribution in [1.29, 1.82) is 0 Å².